The SMILES string of the molecule is CCCCOc1ccc(C#C/C=C/C2CCC(C3CCC(CCC)CC3)CC2)cc1. The lowest BCUT2D eigenvalue weighted by atomic mass is 9.69. The first-order valence-corrected chi connectivity index (χ1v) is 12.7. The zero-order valence-electron chi connectivity index (χ0n) is 19.4. The molecule has 1 heteroatoms. The van der Waals surface area contributed by atoms with E-state index in [2.05, 4.69) is 50.0 Å². The second kappa shape index (κ2) is 12.9. The Bertz CT molecular complexity index is 673. The van der Waals surface area contributed by atoms with Crippen molar-refractivity contribution in [3.8, 4) is 17.6 Å². The van der Waals surface area contributed by atoms with Gasteiger partial charge in [0.25, 0.3) is 0 Å². The van der Waals surface area contributed by atoms with Crippen LogP contribution in [0.3, 0.4) is 0 Å². The Morgan fingerprint density at radius 2 is 1.53 bits per heavy atom. The molecule has 0 spiro atoms. The fourth-order valence-electron chi connectivity index (χ4n) is 5.44. The third-order valence-electron chi connectivity index (χ3n) is 7.36. The van der Waals surface area contributed by atoms with Crippen molar-refractivity contribution < 1.29 is 4.74 Å². The lowest BCUT2D eigenvalue weighted by molar-refractivity contribution is 0.152. The van der Waals surface area contributed by atoms with Gasteiger partial charge in [-0.1, -0.05) is 63.9 Å². The molecule has 1 nitrogen and oxygen atoms in total. The topological polar surface area (TPSA) is 9.23 Å². The number of ether oxygens (including phenoxy) is 1. The van der Waals surface area contributed by atoms with E-state index < -0.39 is 0 Å². The molecule has 2 fully saturated rings. The number of rotatable bonds is 8. The van der Waals surface area contributed by atoms with Crippen LogP contribution in [0.25, 0.3) is 0 Å². The molecule has 2 saturated carbocycles. The minimum absolute atomic E-state index is 0.737. The molecule has 1 aromatic rings. The lowest BCUT2D eigenvalue weighted by Gasteiger charge is -2.37. The molecule has 164 valence electrons. The highest BCUT2D eigenvalue weighted by atomic mass is 16.5. The summed E-state index contributed by atoms with van der Waals surface area (Å²) in [5, 5.41) is 0. The van der Waals surface area contributed by atoms with Crippen LogP contribution in [0.5, 0.6) is 5.75 Å². The Labute approximate surface area is 185 Å². The molecule has 0 aromatic heterocycles. The van der Waals surface area contributed by atoms with Crippen molar-refractivity contribution in [1.29, 1.82) is 0 Å². The highest BCUT2D eigenvalue weighted by Crippen LogP contribution is 2.42. The second-order valence-electron chi connectivity index (χ2n) is 9.60. The summed E-state index contributed by atoms with van der Waals surface area (Å²) >= 11 is 0. The molecule has 0 unspecified atom stereocenters. The molecule has 0 radical (unpaired) electrons. The van der Waals surface area contributed by atoms with E-state index in [9.17, 15) is 0 Å². The fraction of sp³-hybridized carbons (Fsp3) is 0.655. The van der Waals surface area contributed by atoms with E-state index in [1.807, 2.05) is 12.1 Å². The first-order valence-electron chi connectivity index (χ1n) is 12.7. The summed E-state index contributed by atoms with van der Waals surface area (Å²) in [6.07, 6.45) is 21.2. The summed E-state index contributed by atoms with van der Waals surface area (Å²) in [4.78, 5) is 0. The van der Waals surface area contributed by atoms with Crippen LogP contribution in [0.15, 0.2) is 36.4 Å². The Morgan fingerprint density at radius 1 is 0.867 bits per heavy atom. The van der Waals surface area contributed by atoms with Gasteiger partial charge < -0.3 is 4.74 Å². The summed E-state index contributed by atoms with van der Waals surface area (Å²) in [6.45, 7) is 5.32. The normalized spacial score (nSPS) is 26.9. The van der Waals surface area contributed by atoms with Crippen LogP contribution in [0.1, 0.15) is 96.5 Å². The van der Waals surface area contributed by atoms with E-state index in [4.69, 9.17) is 4.74 Å². The Morgan fingerprint density at radius 3 is 2.17 bits per heavy atom. The number of unbranched alkanes of at least 4 members (excludes halogenated alkanes) is 1. The van der Waals surface area contributed by atoms with Crippen LogP contribution in [0.2, 0.25) is 0 Å². The molecular formula is C29H42O. The predicted molar refractivity (Wildman–Crippen MR) is 129 cm³/mol. The van der Waals surface area contributed by atoms with Gasteiger partial charge >= 0.3 is 0 Å². The van der Waals surface area contributed by atoms with Crippen LogP contribution in [-0.4, -0.2) is 6.61 Å². The van der Waals surface area contributed by atoms with Gasteiger partial charge in [0.1, 0.15) is 5.75 Å². The van der Waals surface area contributed by atoms with E-state index in [0.29, 0.717) is 0 Å². The van der Waals surface area contributed by atoms with Gasteiger partial charge in [-0.2, -0.15) is 0 Å². The number of allylic oxidation sites excluding steroid dienone is 2. The Kier molecular flexibility index (Phi) is 9.88. The molecule has 0 aliphatic heterocycles. The summed E-state index contributed by atoms with van der Waals surface area (Å²) in [7, 11) is 0. The minimum atomic E-state index is 0.737. The van der Waals surface area contributed by atoms with Crippen LogP contribution < -0.4 is 4.74 Å². The quantitative estimate of drug-likeness (QED) is 0.312. The van der Waals surface area contributed by atoms with Crippen LogP contribution in [0.4, 0.5) is 0 Å². The molecule has 0 amide bonds. The number of benzene rings is 1. The van der Waals surface area contributed by atoms with E-state index in [1.54, 1.807) is 0 Å². The molecule has 2 aliphatic carbocycles. The standard InChI is InChI=1S/C29H42O/c1-3-5-23-30-29-21-15-26(16-22-29)10-7-6-9-25-13-19-28(20-14-25)27-17-11-24(8-4-2)12-18-27/h6,9,15-16,21-22,24-25,27-28H,3-5,8,11-14,17-20,23H2,1-2H3/b9-6+. The van der Waals surface area contributed by atoms with Crippen molar-refractivity contribution in [1.82, 2.24) is 0 Å². The number of hydrogen-bond donors (Lipinski definition) is 0. The summed E-state index contributed by atoms with van der Waals surface area (Å²) in [5.41, 5.74) is 1.06. The summed E-state index contributed by atoms with van der Waals surface area (Å²) in [5.74, 6) is 11.2. The molecule has 0 heterocycles. The minimum Gasteiger partial charge on any atom is -0.494 e. The third-order valence-corrected chi connectivity index (χ3v) is 7.36. The molecule has 3 rings (SSSR count). The first-order chi connectivity index (χ1) is 14.8. The Balaban J connectivity index is 1.36. The average molecular weight is 407 g/mol. The van der Waals surface area contributed by atoms with E-state index in [-0.39, 0.29) is 0 Å². The van der Waals surface area contributed by atoms with Crippen molar-refractivity contribution in [3.05, 3.63) is 42.0 Å². The van der Waals surface area contributed by atoms with Crippen LogP contribution in [-0.2, 0) is 0 Å². The van der Waals surface area contributed by atoms with E-state index in [1.165, 1.54) is 64.2 Å². The van der Waals surface area contributed by atoms with Gasteiger partial charge in [0.15, 0.2) is 0 Å². The van der Waals surface area contributed by atoms with Gasteiger partial charge in [-0.15, -0.1) is 0 Å². The zero-order chi connectivity index (χ0) is 21.0. The van der Waals surface area contributed by atoms with Crippen molar-refractivity contribution in [3.63, 3.8) is 0 Å². The van der Waals surface area contributed by atoms with Gasteiger partial charge in [-0.25, -0.2) is 0 Å². The maximum Gasteiger partial charge on any atom is 0.119 e. The average Bonchev–Trinajstić information content (AvgIpc) is 2.79. The molecule has 0 atom stereocenters. The van der Waals surface area contributed by atoms with E-state index in [0.717, 1.165) is 54.4 Å². The molecular weight excluding hydrogens is 364 g/mol. The largest absolute Gasteiger partial charge is 0.494 e. The lowest BCUT2D eigenvalue weighted by Crippen LogP contribution is -2.25. The summed E-state index contributed by atoms with van der Waals surface area (Å²) < 4.78 is 5.71. The van der Waals surface area contributed by atoms with Gasteiger partial charge in [0, 0.05) is 5.56 Å². The molecule has 0 saturated heterocycles. The molecule has 1 aromatic carbocycles. The van der Waals surface area contributed by atoms with Crippen molar-refractivity contribution in [2.75, 3.05) is 6.61 Å². The van der Waals surface area contributed by atoms with Gasteiger partial charge in [0.2, 0.25) is 0 Å². The fourth-order valence-corrected chi connectivity index (χ4v) is 5.44. The second-order valence-corrected chi connectivity index (χ2v) is 9.60. The van der Waals surface area contributed by atoms with Crippen LogP contribution >= 0.6 is 0 Å². The molecule has 0 N–H and O–H groups in total. The highest BCUT2D eigenvalue weighted by molar-refractivity contribution is 5.40. The maximum atomic E-state index is 5.71. The van der Waals surface area contributed by atoms with Gasteiger partial charge in [0.05, 0.1) is 6.61 Å². The molecule has 30 heavy (non-hydrogen) atoms. The number of hydrogen-bond acceptors (Lipinski definition) is 1. The van der Waals surface area contributed by atoms with Crippen LogP contribution in [0, 0.1) is 35.5 Å². The predicted octanol–water partition coefficient (Wildman–Crippen LogP) is 8.19. The third kappa shape index (κ3) is 7.54. The van der Waals surface area contributed by atoms with Crippen molar-refractivity contribution in [2.24, 2.45) is 23.7 Å². The van der Waals surface area contributed by atoms with E-state index >= 15 is 0 Å². The zero-order valence-corrected chi connectivity index (χ0v) is 19.4. The maximum absolute atomic E-state index is 5.71. The van der Waals surface area contributed by atoms with Gasteiger partial charge in [-0.05, 0) is 99.0 Å². The monoisotopic (exact) mass is 406 g/mol. The molecule has 0 bridgehead atoms. The smallest absolute Gasteiger partial charge is 0.119 e. The highest BCUT2D eigenvalue weighted by Gasteiger charge is 2.29. The Hall–Kier alpha value is -1.68. The molecule has 2 aliphatic rings. The van der Waals surface area contributed by atoms with Crippen molar-refractivity contribution in [2.45, 2.75) is 90.9 Å². The first kappa shape index (κ1) is 23.0. The van der Waals surface area contributed by atoms with Gasteiger partial charge in [-0.3, -0.25) is 0 Å². The summed E-state index contributed by atoms with van der Waals surface area (Å²) in [6, 6.07) is 8.17. The van der Waals surface area contributed by atoms with Crippen molar-refractivity contribution >= 4 is 0 Å².